The fourth-order valence-electron chi connectivity index (χ4n) is 7.12. The van der Waals surface area contributed by atoms with E-state index in [2.05, 4.69) is 16.4 Å². The highest BCUT2D eigenvalue weighted by molar-refractivity contribution is 7.91. The lowest BCUT2D eigenvalue weighted by Gasteiger charge is -2.36. The molecule has 5 aromatic carbocycles. The quantitative estimate of drug-likeness (QED) is 0.110. The number of halogens is 2. The number of nitrogens with zero attached hydrogens (tertiary/aromatic N) is 3. The molecule has 0 spiro atoms. The molecule has 0 fully saturated rings. The largest absolute Gasteiger partial charge is 0.489 e. The summed E-state index contributed by atoms with van der Waals surface area (Å²) < 4.78 is 47.7. The van der Waals surface area contributed by atoms with E-state index in [1.54, 1.807) is 48.5 Å². The van der Waals surface area contributed by atoms with E-state index in [0.717, 1.165) is 44.1 Å². The minimum Gasteiger partial charge on any atom is -0.489 e. The molecule has 0 radical (unpaired) electrons. The number of hydrogen-bond acceptors (Lipinski definition) is 11. The van der Waals surface area contributed by atoms with Crippen LogP contribution in [-0.2, 0) is 45.6 Å². The maximum absolute atomic E-state index is 14.2. The molecule has 0 saturated heterocycles. The molecule has 0 bridgehead atoms. The lowest BCUT2D eigenvalue weighted by Crippen LogP contribution is -2.55. The maximum atomic E-state index is 14.2. The van der Waals surface area contributed by atoms with Gasteiger partial charge in [0.25, 0.3) is 10.0 Å². The number of hydrogen-bond donors (Lipinski definition) is 3. The minimum atomic E-state index is -4.35. The van der Waals surface area contributed by atoms with Gasteiger partial charge in [0.15, 0.2) is 26.9 Å². The molecule has 3 heterocycles. The second-order valence-electron chi connectivity index (χ2n) is 14.4. The SMILES string of the molecule is N#Cc1ccc(-c2ccc(CC(NC(=O)C3Cc4cc5c(cc4CN3S(=O)(=O)c3cnc(N)s3)OC(c3ccc(OCc4ccc(Cl)c(Cl)c4)cc3)CO5)C(=O)O)cc2)cc1. The van der Waals surface area contributed by atoms with E-state index < -0.39 is 40.1 Å². The number of fused-ring (bicyclic) bond motifs is 2. The van der Waals surface area contributed by atoms with Gasteiger partial charge >= 0.3 is 5.97 Å². The molecule has 61 heavy (non-hydrogen) atoms. The lowest BCUT2D eigenvalue weighted by atomic mass is 9.94. The van der Waals surface area contributed by atoms with Gasteiger partial charge in [-0.3, -0.25) is 4.79 Å². The Balaban J connectivity index is 0.993. The van der Waals surface area contributed by atoms with Crippen molar-refractivity contribution in [1.82, 2.24) is 14.6 Å². The number of carbonyl (C=O) groups is 2. The Bertz CT molecular complexity index is 2780. The molecule has 6 aromatic rings. The number of rotatable bonds is 12. The number of sulfonamides is 1. The Morgan fingerprint density at radius 2 is 1.64 bits per heavy atom. The smallest absolute Gasteiger partial charge is 0.326 e. The molecule has 1 aromatic heterocycles. The van der Waals surface area contributed by atoms with Gasteiger partial charge in [0.2, 0.25) is 5.91 Å². The van der Waals surface area contributed by atoms with Crippen LogP contribution >= 0.6 is 34.5 Å². The van der Waals surface area contributed by atoms with Gasteiger partial charge in [-0.25, -0.2) is 18.2 Å². The number of nitrogens with two attached hydrogens (primary N) is 1. The van der Waals surface area contributed by atoms with Crippen LogP contribution in [0.3, 0.4) is 0 Å². The Morgan fingerprint density at radius 3 is 2.30 bits per heavy atom. The van der Waals surface area contributed by atoms with Gasteiger partial charge in [0.1, 0.15) is 31.0 Å². The Morgan fingerprint density at radius 1 is 0.951 bits per heavy atom. The third-order valence-corrected chi connectivity index (χ3v) is 14.2. The summed E-state index contributed by atoms with van der Waals surface area (Å²) in [6.45, 7) is 0.246. The number of nitriles is 1. The van der Waals surface area contributed by atoms with Crippen LogP contribution in [0.5, 0.6) is 17.2 Å². The van der Waals surface area contributed by atoms with E-state index in [4.69, 9.17) is 48.4 Å². The zero-order valence-electron chi connectivity index (χ0n) is 32.0. The molecule has 0 saturated carbocycles. The highest BCUT2D eigenvalue weighted by Crippen LogP contribution is 2.42. The molecule has 2 aliphatic rings. The molecule has 0 aliphatic carbocycles. The van der Waals surface area contributed by atoms with Crippen LogP contribution in [0.25, 0.3) is 11.1 Å². The maximum Gasteiger partial charge on any atom is 0.326 e. The van der Waals surface area contributed by atoms with Gasteiger partial charge in [0.05, 0.1) is 27.9 Å². The molecule has 2 aliphatic heterocycles. The zero-order chi connectivity index (χ0) is 42.8. The van der Waals surface area contributed by atoms with Crippen molar-refractivity contribution >= 4 is 61.6 Å². The van der Waals surface area contributed by atoms with Gasteiger partial charge in [-0.2, -0.15) is 9.57 Å². The zero-order valence-corrected chi connectivity index (χ0v) is 35.1. The van der Waals surface area contributed by atoms with Crippen LogP contribution in [0, 0.1) is 11.3 Å². The number of aliphatic carboxylic acids is 1. The molecular formula is C44H35Cl2N5O8S2. The van der Waals surface area contributed by atoms with Crippen molar-refractivity contribution < 1.29 is 37.3 Å². The monoisotopic (exact) mass is 895 g/mol. The highest BCUT2D eigenvalue weighted by atomic mass is 35.5. The summed E-state index contributed by atoms with van der Waals surface area (Å²) in [4.78, 5) is 30.6. The number of carboxylic acid groups (broad SMARTS) is 1. The van der Waals surface area contributed by atoms with E-state index in [1.165, 1.54) is 0 Å². The predicted molar refractivity (Wildman–Crippen MR) is 229 cm³/mol. The fraction of sp³-hybridized carbons (Fsp3) is 0.182. The van der Waals surface area contributed by atoms with Crippen LogP contribution in [0.2, 0.25) is 10.0 Å². The second kappa shape index (κ2) is 17.4. The van der Waals surface area contributed by atoms with E-state index in [9.17, 15) is 23.1 Å². The number of carbonyl (C=O) groups excluding carboxylic acids is 1. The van der Waals surface area contributed by atoms with Crippen LogP contribution in [-0.4, -0.2) is 53.4 Å². The van der Waals surface area contributed by atoms with Gasteiger partial charge in [-0.05, 0) is 93.9 Å². The Labute approximate surface area is 364 Å². The van der Waals surface area contributed by atoms with Crippen molar-refractivity contribution in [3.63, 3.8) is 0 Å². The summed E-state index contributed by atoms with van der Waals surface area (Å²) in [5, 5.41) is 22.9. The number of amides is 1. The van der Waals surface area contributed by atoms with Crippen molar-refractivity contribution in [3.05, 3.63) is 153 Å². The molecule has 3 atom stereocenters. The number of nitrogens with one attached hydrogen (secondary N) is 1. The normalized spacial score (nSPS) is 16.5. The first-order valence-electron chi connectivity index (χ1n) is 18.8. The number of aromatic nitrogens is 1. The third-order valence-electron chi connectivity index (χ3n) is 10.4. The van der Waals surface area contributed by atoms with Crippen LogP contribution in [0.1, 0.15) is 39.5 Å². The van der Waals surface area contributed by atoms with Crippen LogP contribution in [0.15, 0.2) is 114 Å². The van der Waals surface area contributed by atoms with Crippen molar-refractivity contribution in [1.29, 1.82) is 5.26 Å². The first kappa shape index (κ1) is 41.6. The molecule has 4 N–H and O–H groups in total. The van der Waals surface area contributed by atoms with Gasteiger partial charge < -0.3 is 30.4 Å². The fourth-order valence-corrected chi connectivity index (χ4v) is 10.1. The average Bonchev–Trinajstić information content (AvgIpc) is 3.72. The van der Waals surface area contributed by atoms with Crippen molar-refractivity contribution in [2.45, 2.75) is 48.4 Å². The average molecular weight is 897 g/mol. The van der Waals surface area contributed by atoms with Crippen LogP contribution < -0.4 is 25.3 Å². The number of nitrogen functional groups attached to an aromatic ring is 1. The molecule has 3 unspecified atom stereocenters. The molecule has 1 amide bonds. The lowest BCUT2D eigenvalue weighted by molar-refractivity contribution is -0.142. The first-order valence-corrected chi connectivity index (χ1v) is 21.8. The van der Waals surface area contributed by atoms with Crippen molar-refractivity contribution in [2.24, 2.45) is 0 Å². The van der Waals surface area contributed by atoms with Crippen molar-refractivity contribution in [2.75, 3.05) is 12.3 Å². The number of thiazole rings is 1. The van der Waals surface area contributed by atoms with E-state index in [1.807, 2.05) is 54.6 Å². The van der Waals surface area contributed by atoms with E-state index in [-0.39, 0.29) is 35.3 Å². The number of ether oxygens (including phenoxy) is 3. The topological polar surface area (TPSA) is 194 Å². The summed E-state index contributed by atoms with van der Waals surface area (Å²) in [5.41, 5.74) is 11.6. The number of anilines is 1. The van der Waals surface area contributed by atoms with E-state index >= 15 is 0 Å². The summed E-state index contributed by atoms with van der Waals surface area (Å²) >= 11 is 12.9. The molecule has 310 valence electrons. The molecule has 17 heteroatoms. The molecule has 8 rings (SSSR count). The standard InChI is InChI=1S/C44H35Cl2N5O8S2/c45-34-14-5-27(15-35(34)46)23-57-33-12-10-30(11-13-33)40-24-58-38-18-31-17-37(51(22-32(31)19-39(38)59-40)61(55,56)41-21-49-44(48)60-41)42(52)50-36(43(53)54)16-25-1-6-28(7-2-25)29-8-3-26(20-47)4-9-29/h1-15,18-19,21,36-37,40H,16-17,22-24H2,(H2,48,49)(H,50,52)(H,53,54). The first-order chi connectivity index (χ1) is 29.3. The number of carboxylic acids is 1. The predicted octanol–water partition coefficient (Wildman–Crippen LogP) is 7.59. The summed E-state index contributed by atoms with van der Waals surface area (Å²) in [5.74, 6) is -0.616. The third kappa shape index (κ3) is 9.14. The minimum absolute atomic E-state index is 0.0323. The van der Waals surface area contributed by atoms with Gasteiger partial charge in [-0.1, -0.05) is 89.1 Å². The Kier molecular flexibility index (Phi) is 11.9. The second-order valence-corrected chi connectivity index (χ2v) is 18.4. The summed E-state index contributed by atoms with van der Waals surface area (Å²) in [7, 11) is -4.35. The van der Waals surface area contributed by atoms with Gasteiger partial charge in [0, 0.05) is 13.0 Å². The molecular weight excluding hydrogens is 862 g/mol. The van der Waals surface area contributed by atoms with Gasteiger partial charge in [-0.15, -0.1) is 0 Å². The summed E-state index contributed by atoms with van der Waals surface area (Å²) in [6, 6.07) is 29.8. The highest BCUT2D eigenvalue weighted by Gasteiger charge is 2.42. The summed E-state index contributed by atoms with van der Waals surface area (Å²) in [6.07, 6.45) is 0.505. The van der Waals surface area contributed by atoms with E-state index in [0.29, 0.717) is 56.2 Å². The van der Waals surface area contributed by atoms with Crippen molar-refractivity contribution in [3.8, 4) is 34.4 Å². The molecule has 13 nitrogen and oxygen atoms in total. The number of benzene rings is 5. The van der Waals surface area contributed by atoms with Crippen LogP contribution in [0.4, 0.5) is 5.13 Å². The Hall–Kier alpha value is -6.15.